The van der Waals surface area contributed by atoms with E-state index in [4.69, 9.17) is 4.74 Å². The lowest BCUT2D eigenvalue weighted by atomic mass is 10.0. The number of carbonyl (C=O) groups excluding carboxylic acids is 2. The maximum absolute atomic E-state index is 12.8. The monoisotopic (exact) mass is 374 g/mol. The molecule has 2 heterocycles. The number of hydrogen-bond donors (Lipinski definition) is 0. The fourth-order valence-corrected chi connectivity index (χ4v) is 3.74. The van der Waals surface area contributed by atoms with Crippen molar-refractivity contribution in [1.82, 2.24) is 9.88 Å². The molecule has 0 spiro atoms. The van der Waals surface area contributed by atoms with E-state index in [1.807, 2.05) is 42.5 Å². The molecule has 4 rings (SSSR count). The van der Waals surface area contributed by atoms with Crippen LogP contribution in [0.1, 0.15) is 35.2 Å². The van der Waals surface area contributed by atoms with Gasteiger partial charge in [0.25, 0.3) is 5.91 Å². The first-order valence-electron chi connectivity index (χ1n) is 9.58. The topological polar surface area (TPSA) is 59.5 Å². The number of aromatic nitrogens is 1. The minimum Gasteiger partial charge on any atom is -0.459 e. The van der Waals surface area contributed by atoms with Crippen molar-refractivity contribution in [3.8, 4) is 0 Å². The summed E-state index contributed by atoms with van der Waals surface area (Å²) in [6, 6.07) is 16.9. The van der Waals surface area contributed by atoms with Gasteiger partial charge in [-0.05, 0) is 47.7 Å². The van der Waals surface area contributed by atoms with Gasteiger partial charge in [0.05, 0.1) is 5.56 Å². The highest BCUT2D eigenvalue weighted by Gasteiger charge is 2.33. The summed E-state index contributed by atoms with van der Waals surface area (Å²) in [7, 11) is 0. The predicted octanol–water partition coefficient (Wildman–Crippen LogP) is 3.97. The highest BCUT2D eigenvalue weighted by molar-refractivity contribution is 5.96. The standard InChI is InChI=1S/C23H22N2O3/c26-22(18-10-6-13-24-15-18)25-14-4-3-12-21(25)23(27)28-16-19-9-5-8-17-7-1-2-11-20(17)19/h1-2,5-11,13,15,21H,3-4,12,14,16H2. The van der Waals surface area contributed by atoms with Crippen LogP contribution in [0.25, 0.3) is 10.8 Å². The van der Waals surface area contributed by atoms with Gasteiger partial charge >= 0.3 is 5.97 Å². The van der Waals surface area contributed by atoms with Crippen molar-refractivity contribution >= 4 is 22.6 Å². The van der Waals surface area contributed by atoms with Gasteiger partial charge in [0.2, 0.25) is 0 Å². The smallest absolute Gasteiger partial charge is 0.329 e. The van der Waals surface area contributed by atoms with E-state index >= 15 is 0 Å². The second-order valence-corrected chi connectivity index (χ2v) is 7.00. The Bertz CT molecular complexity index is 982. The summed E-state index contributed by atoms with van der Waals surface area (Å²) in [5.74, 6) is -0.509. The first-order chi connectivity index (χ1) is 13.7. The predicted molar refractivity (Wildman–Crippen MR) is 107 cm³/mol. The molecule has 2 aromatic carbocycles. The third kappa shape index (κ3) is 3.74. The second kappa shape index (κ2) is 8.21. The Balaban J connectivity index is 1.49. The van der Waals surface area contributed by atoms with Gasteiger partial charge in [0.1, 0.15) is 12.6 Å². The van der Waals surface area contributed by atoms with Crippen LogP contribution < -0.4 is 0 Å². The van der Waals surface area contributed by atoms with E-state index in [9.17, 15) is 9.59 Å². The Morgan fingerprint density at radius 3 is 2.75 bits per heavy atom. The molecule has 1 amide bonds. The summed E-state index contributed by atoms with van der Waals surface area (Å²) >= 11 is 0. The highest BCUT2D eigenvalue weighted by Crippen LogP contribution is 2.23. The molecule has 0 radical (unpaired) electrons. The van der Waals surface area contributed by atoms with Gasteiger partial charge in [-0.2, -0.15) is 0 Å². The first-order valence-corrected chi connectivity index (χ1v) is 9.58. The molecule has 0 saturated carbocycles. The van der Waals surface area contributed by atoms with Crippen LogP contribution in [-0.4, -0.2) is 34.3 Å². The fourth-order valence-electron chi connectivity index (χ4n) is 3.74. The number of rotatable bonds is 4. The Morgan fingerprint density at radius 1 is 1.04 bits per heavy atom. The van der Waals surface area contributed by atoms with Crippen molar-refractivity contribution in [2.75, 3.05) is 6.54 Å². The summed E-state index contributed by atoms with van der Waals surface area (Å²) in [4.78, 5) is 31.3. The average molecular weight is 374 g/mol. The Labute approximate surface area is 163 Å². The van der Waals surface area contributed by atoms with Crippen molar-refractivity contribution in [2.45, 2.75) is 31.9 Å². The molecular formula is C23H22N2O3. The van der Waals surface area contributed by atoms with E-state index in [1.165, 1.54) is 6.20 Å². The van der Waals surface area contributed by atoms with Crippen molar-refractivity contribution < 1.29 is 14.3 Å². The molecule has 0 N–H and O–H groups in total. The summed E-state index contributed by atoms with van der Waals surface area (Å²) in [5, 5.41) is 2.19. The lowest BCUT2D eigenvalue weighted by Crippen LogP contribution is -2.48. The van der Waals surface area contributed by atoms with Crippen LogP contribution in [0.5, 0.6) is 0 Å². The fraction of sp³-hybridized carbons (Fsp3) is 0.261. The van der Waals surface area contributed by atoms with Crippen LogP contribution in [0.15, 0.2) is 67.0 Å². The van der Waals surface area contributed by atoms with Crippen molar-refractivity contribution in [3.63, 3.8) is 0 Å². The number of esters is 1. The van der Waals surface area contributed by atoms with Crippen LogP contribution in [0.3, 0.4) is 0 Å². The zero-order valence-electron chi connectivity index (χ0n) is 15.6. The number of amides is 1. The minimum absolute atomic E-state index is 0.167. The van der Waals surface area contributed by atoms with Gasteiger partial charge in [0, 0.05) is 18.9 Å². The molecule has 1 atom stereocenters. The van der Waals surface area contributed by atoms with Crippen molar-refractivity contribution in [3.05, 3.63) is 78.1 Å². The number of carbonyl (C=O) groups is 2. The van der Waals surface area contributed by atoms with Gasteiger partial charge < -0.3 is 9.64 Å². The molecule has 3 aromatic rings. The van der Waals surface area contributed by atoms with Crippen LogP contribution in [0.4, 0.5) is 0 Å². The van der Waals surface area contributed by atoms with Gasteiger partial charge in [0.15, 0.2) is 0 Å². The molecule has 142 valence electrons. The number of fused-ring (bicyclic) bond motifs is 1. The number of hydrogen-bond acceptors (Lipinski definition) is 4. The van der Waals surface area contributed by atoms with E-state index in [2.05, 4.69) is 4.98 Å². The number of piperidine rings is 1. The van der Waals surface area contributed by atoms with Gasteiger partial charge in [-0.1, -0.05) is 42.5 Å². The molecule has 1 saturated heterocycles. The van der Waals surface area contributed by atoms with Crippen molar-refractivity contribution in [2.24, 2.45) is 0 Å². The van der Waals surface area contributed by atoms with Gasteiger partial charge in [-0.15, -0.1) is 0 Å². The molecular weight excluding hydrogens is 352 g/mol. The molecule has 1 unspecified atom stereocenters. The van der Waals surface area contributed by atoms with Crippen LogP contribution in [-0.2, 0) is 16.1 Å². The highest BCUT2D eigenvalue weighted by atomic mass is 16.5. The van der Waals surface area contributed by atoms with Gasteiger partial charge in [-0.3, -0.25) is 9.78 Å². The van der Waals surface area contributed by atoms with E-state index < -0.39 is 6.04 Å². The van der Waals surface area contributed by atoms with E-state index in [0.717, 1.165) is 29.2 Å². The Hall–Kier alpha value is -3.21. The molecule has 1 aliphatic rings. The summed E-state index contributed by atoms with van der Waals surface area (Å²) < 4.78 is 5.64. The number of ether oxygens (including phenoxy) is 1. The molecule has 28 heavy (non-hydrogen) atoms. The first kappa shape index (κ1) is 18.2. The number of nitrogens with zero attached hydrogens (tertiary/aromatic N) is 2. The van der Waals surface area contributed by atoms with E-state index in [-0.39, 0.29) is 18.5 Å². The molecule has 5 heteroatoms. The number of benzene rings is 2. The molecule has 1 fully saturated rings. The molecule has 0 bridgehead atoms. The lowest BCUT2D eigenvalue weighted by molar-refractivity contribution is -0.151. The zero-order valence-corrected chi connectivity index (χ0v) is 15.6. The Morgan fingerprint density at radius 2 is 1.89 bits per heavy atom. The third-order valence-corrected chi connectivity index (χ3v) is 5.19. The van der Waals surface area contributed by atoms with Crippen LogP contribution in [0, 0.1) is 0 Å². The molecule has 0 aliphatic carbocycles. The normalized spacial score (nSPS) is 16.7. The molecule has 1 aromatic heterocycles. The van der Waals surface area contributed by atoms with E-state index in [0.29, 0.717) is 18.5 Å². The number of pyridine rings is 1. The average Bonchev–Trinajstić information content (AvgIpc) is 2.77. The molecule has 5 nitrogen and oxygen atoms in total. The maximum Gasteiger partial charge on any atom is 0.329 e. The Kier molecular flexibility index (Phi) is 5.33. The van der Waals surface area contributed by atoms with Crippen LogP contribution >= 0.6 is 0 Å². The SMILES string of the molecule is O=C(OCc1cccc2ccccc12)C1CCCCN1C(=O)c1cccnc1. The third-order valence-electron chi connectivity index (χ3n) is 5.19. The summed E-state index contributed by atoms with van der Waals surface area (Å²) in [5.41, 5.74) is 1.46. The zero-order chi connectivity index (χ0) is 19.3. The molecule has 1 aliphatic heterocycles. The lowest BCUT2D eigenvalue weighted by Gasteiger charge is -2.34. The van der Waals surface area contributed by atoms with E-state index in [1.54, 1.807) is 23.2 Å². The second-order valence-electron chi connectivity index (χ2n) is 7.00. The van der Waals surface area contributed by atoms with Gasteiger partial charge in [-0.25, -0.2) is 4.79 Å². The largest absolute Gasteiger partial charge is 0.459 e. The summed E-state index contributed by atoms with van der Waals surface area (Å²) in [6.07, 6.45) is 5.59. The summed E-state index contributed by atoms with van der Waals surface area (Å²) in [6.45, 7) is 0.757. The minimum atomic E-state index is -0.545. The van der Waals surface area contributed by atoms with Crippen molar-refractivity contribution in [1.29, 1.82) is 0 Å². The maximum atomic E-state index is 12.8. The quantitative estimate of drug-likeness (QED) is 0.648. The number of likely N-dealkylation sites (tertiary alicyclic amines) is 1. The van der Waals surface area contributed by atoms with Crippen LogP contribution in [0.2, 0.25) is 0 Å².